The van der Waals surface area contributed by atoms with Gasteiger partial charge in [-0.3, -0.25) is 0 Å². The first-order valence-corrected chi connectivity index (χ1v) is 25.4. The molecule has 5 heterocycles. The largest absolute Gasteiger partial charge is 0.311 e. The van der Waals surface area contributed by atoms with E-state index in [0.717, 1.165) is 23.2 Å². The average molecular weight is 883 g/mol. The van der Waals surface area contributed by atoms with Gasteiger partial charge in [-0.2, -0.15) is 0 Å². The summed E-state index contributed by atoms with van der Waals surface area (Å²) in [5.41, 5.74) is 22.4. The number of aromatic nitrogens is 2. The minimum atomic E-state index is 0.0290. The van der Waals surface area contributed by atoms with Crippen molar-refractivity contribution in [3.8, 4) is 11.4 Å². The molecule has 0 saturated heterocycles. The molecule has 4 fully saturated rings. The van der Waals surface area contributed by atoms with Gasteiger partial charge in [0.25, 0.3) is 6.71 Å². The van der Waals surface area contributed by atoms with Crippen LogP contribution in [0, 0.1) is 23.7 Å². The van der Waals surface area contributed by atoms with Crippen molar-refractivity contribution in [1.82, 2.24) is 9.13 Å². The Morgan fingerprint density at radius 3 is 1.49 bits per heavy atom. The lowest BCUT2D eigenvalue weighted by Gasteiger charge is -2.64. The standard InChI is InChI=1S/C64H47BN4/c1-6-23-54-46(16-1)47-17-2-7-24-55(47)66(54)43-14-11-15-44(37-43)68-59-31-30-45(67-56-25-8-3-18-48(56)49-19-4-9-26-57(49)67)38-53(59)65-52-22-12-21-51-63(52)69(61-29-13-28-60(68)62(61)65)58-27-10-5-20-50(58)64(51)41-33-39-32-40(35-41)36-42(64)34-39/h1-31,37-42H,32-36H2. The summed E-state index contributed by atoms with van der Waals surface area (Å²) >= 11 is 0. The van der Waals surface area contributed by atoms with Crippen molar-refractivity contribution < 1.29 is 0 Å². The minimum Gasteiger partial charge on any atom is -0.311 e. The van der Waals surface area contributed by atoms with Gasteiger partial charge in [0.1, 0.15) is 0 Å². The predicted molar refractivity (Wildman–Crippen MR) is 287 cm³/mol. The summed E-state index contributed by atoms with van der Waals surface area (Å²) in [6.45, 7) is 0.0290. The van der Waals surface area contributed by atoms with Gasteiger partial charge in [0, 0.05) is 66.8 Å². The van der Waals surface area contributed by atoms with E-state index < -0.39 is 0 Å². The third-order valence-electron chi connectivity index (χ3n) is 18.2. The SMILES string of the molecule is c1cc(N2c3ccc(-n4c5ccccc5c5ccccc54)cc3B3c4cccc5c4N(c4ccccc4C54C5CC6CC(C5)CC4C6)c4cccc2c43)cc(-n2c3ccccc3c3ccccc32)c1. The molecule has 1 spiro atoms. The van der Waals surface area contributed by atoms with Gasteiger partial charge in [-0.15, -0.1) is 0 Å². The van der Waals surface area contributed by atoms with Gasteiger partial charge in [0.05, 0.1) is 27.8 Å². The molecule has 11 aromatic rings. The Kier molecular flexibility index (Phi) is 7.16. The van der Waals surface area contributed by atoms with Gasteiger partial charge in [-0.1, -0.05) is 121 Å². The predicted octanol–water partition coefficient (Wildman–Crippen LogP) is 14.0. The Morgan fingerprint density at radius 2 is 0.855 bits per heavy atom. The maximum absolute atomic E-state index is 2.72. The number of fused-ring (bicyclic) bond motifs is 12. The molecule has 4 aliphatic carbocycles. The highest BCUT2D eigenvalue weighted by molar-refractivity contribution is 7.00. The van der Waals surface area contributed by atoms with Crippen LogP contribution >= 0.6 is 0 Å². The molecule has 4 saturated carbocycles. The molecule has 5 heteroatoms. The molecule has 4 bridgehead atoms. The van der Waals surface area contributed by atoms with Crippen LogP contribution in [-0.2, 0) is 5.41 Å². The van der Waals surface area contributed by atoms with Crippen LogP contribution in [0.15, 0.2) is 200 Å². The molecule has 2 aromatic heterocycles. The molecule has 0 unspecified atom stereocenters. The van der Waals surface area contributed by atoms with Crippen LogP contribution in [0.3, 0.4) is 0 Å². The monoisotopic (exact) mass is 882 g/mol. The van der Waals surface area contributed by atoms with Crippen molar-refractivity contribution in [2.24, 2.45) is 23.7 Å². The third kappa shape index (κ3) is 4.62. The number of para-hydroxylation sites is 6. The second kappa shape index (κ2) is 13.3. The molecule has 0 amide bonds. The molecular formula is C64H47BN4. The fraction of sp³-hybridized carbons (Fsp3) is 0.156. The second-order valence-corrected chi connectivity index (χ2v) is 21.3. The van der Waals surface area contributed by atoms with Crippen molar-refractivity contribution >= 4 is 101 Å². The van der Waals surface area contributed by atoms with E-state index in [9.17, 15) is 0 Å². The van der Waals surface area contributed by atoms with E-state index in [2.05, 4.69) is 219 Å². The molecule has 18 rings (SSSR count). The number of rotatable bonds is 3. The van der Waals surface area contributed by atoms with Crippen molar-refractivity contribution in [2.75, 3.05) is 9.80 Å². The van der Waals surface area contributed by atoms with Crippen molar-refractivity contribution in [3.63, 3.8) is 0 Å². The molecule has 0 atom stereocenters. The highest BCUT2D eigenvalue weighted by Gasteiger charge is 2.62. The minimum absolute atomic E-state index is 0.0290. The van der Waals surface area contributed by atoms with Crippen LogP contribution in [0.4, 0.5) is 34.1 Å². The Labute approximate surface area is 401 Å². The van der Waals surface area contributed by atoms with Crippen LogP contribution in [0.1, 0.15) is 43.2 Å². The van der Waals surface area contributed by atoms with Crippen LogP contribution in [0.5, 0.6) is 0 Å². The smallest absolute Gasteiger partial charge is 0.252 e. The highest BCUT2D eigenvalue weighted by Crippen LogP contribution is 2.69. The quantitative estimate of drug-likeness (QED) is 0.164. The number of hydrogen-bond acceptors (Lipinski definition) is 2. The molecule has 7 aliphatic rings. The van der Waals surface area contributed by atoms with Gasteiger partial charge in [0.2, 0.25) is 0 Å². The summed E-state index contributed by atoms with van der Waals surface area (Å²) in [7, 11) is 0. The Balaban J connectivity index is 0.948. The number of nitrogens with zero attached hydrogens (tertiary/aromatic N) is 4. The van der Waals surface area contributed by atoms with Crippen molar-refractivity contribution in [2.45, 2.75) is 37.5 Å². The average Bonchev–Trinajstić information content (AvgIpc) is 3.92. The maximum atomic E-state index is 2.72. The van der Waals surface area contributed by atoms with Gasteiger partial charge in [-0.05, 0) is 162 Å². The molecular weight excluding hydrogens is 836 g/mol. The first-order valence-electron chi connectivity index (χ1n) is 25.4. The van der Waals surface area contributed by atoms with Gasteiger partial charge < -0.3 is 18.9 Å². The van der Waals surface area contributed by atoms with Crippen molar-refractivity contribution in [3.05, 3.63) is 211 Å². The molecule has 69 heavy (non-hydrogen) atoms. The number of hydrogen-bond donors (Lipinski definition) is 0. The Morgan fingerprint density at radius 1 is 0.362 bits per heavy atom. The van der Waals surface area contributed by atoms with Crippen LogP contribution < -0.4 is 26.2 Å². The fourth-order valence-corrected chi connectivity index (χ4v) is 16.1. The van der Waals surface area contributed by atoms with Gasteiger partial charge >= 0.3 is 0 Å². The lowest BCUT2D eigenvalue weighted by atomic mass is 9.32. The summed E-state index contributed by atoms with van der Waals surface area (Å²) in [5.74, 6) is 3.12. The molecule has 0 N–H and O–H groups in total. The third-order valence-corrected chi connectivity index (χ3v) is 18.2. The molecule has 9 aromatic carbocycles. The highest BCUT2D eigenvalue weighted by atomic mass is 15.2. The van der Waals surface area contributed by atoms with Crippen LogP contribution in [0.25, 0.3) is 55.0 Å². The van der Waals surface area contributed by atoms with Crippen LogP contribution in [-0.4, -0.2) is 15.8 Å². The number of anilines is 6. The topological polar surface area (TPSA) is 16.3 Å². The van der Waals surface area contributed by atoms with Crippen molar-refractivity contribution in [1.29, 1.82) is 0 Å². The summed E-state index contributed by atoms with van der Waals surface area (Å²) in [6.07, 6.45) is 6.90. The van der Waals surface area contributed by atoms with E-state index in [1.807, 2.05) is 0 Å². The van der Waals surface area contributed by atoms with E-state index in [1.165, 1.54) is 126 Å². The first kappa shape index (κ1) is 37.3. The first-order chi connectivity index (χ1) is 34.2. The molecule has 326 valence electrons. The van der Waals surface area contributed by atoms with E-state index in [-0.39, 0.29) is 12.1 Å². The zero-order valence-corrected chi connectivity index (χ0v) is 38.3. The van der Waals surface area contributed by atoms with E-state index in [1.54, 1.807) is 11.1 Å². The second-order valence-electron chi connectivity index (χ2n) is 21.3. The van der Waals surface area contributed by atoms with E-state index in [4.69, 9.17) is 0 Å². The summed E-state index contributed by atoms with van der Waals surface area (Å²) < 4.78 is 4.96. The van der Waals surface area contributed by atoms with E-state index in [0.29, 0.717) is 11.8 Å². The summed E-state index contributed by atoms with van der Waals surface area (Å²) in [4.78, 5) is 5.31. The van der Waals surface area contributed by atoms with Gasteiger partial charge in [0.15, 0.2) is 0 Å². The van der Waals surface area contributed by atoms with E-state index >= 15 is 0 Å². The summed E-state index contributed by atoms with van der Waals surface area (Å²) in [5, 5.41) is 5.11. The molecule has 3 aliphatic heterocycles. The maximum Gasteiger partial charge on any atom is 0.252 e. The lowest BCUT2D eigenvalue weighted by Crippen LogP contribution is -2.64. The number of benzene rings is 9. The van der Waals surface area contributed by atoms with Gasteiger partial charge in [-0.25, -0.2) is 0 Å². The Hall–Kier alpha value is -7.76. The van der Waals surface area contributed by atoms with Crippen LogP contribution in [0.2, 0.25) is 0 Å². The zero-order chi connectivity index (χ0) is 44.7. The lowest BCUT2D eigenvalue weighted by molar-refractivity contribution is -0.0419. The fourth-order valence-electron chi connectivity index (χ4n) is 16.1. The Bertz CT molecular complexity index is 3910. The summed E-state index contributed by atoms with van der Waals surface area (Å²) in [6, 6.07) is 76.6. The molecule has 4 nitrogen and oxygen atoms in total. The normalized spacial score (nSPS) is 22.2. The zero-order valence-electron chi connectivity index (χ0n) is 38.3. The molecule has 0 radical (unpaired) electrons.